The Morgan fingerprint density at radius 2 is 2.00 bits per heavy atom. The van der Waals surface area contributed by atoms with Gasteiger partial charge >= 0.3 is 0 Å². The van der Waals surface area contributed by atoms with E-state index < -0.39 is 0 Å². The summed E-state index contributed by atoms with van der Waals surface area (Å²) in [5, 5.41) is 0. The van der Waals surface area contributed by atoms with Crippen molar-refractivity contribution in [3.8, 4) is 0 Å². The number of rotatable bonds is 4. The minimum atomic E-state index is -0.301. The Hall–Kier alpha value is -0.220. The molecule has 0 aromatic heterocycles. The molecule has 0 aromatic carbocycles. The van der Waals surface area contributed by atoms with Crippen LogP contribution in [0.3, 0.4) is 0 Å². The number of thioether (sulfide) groups is 1. The molecule has 0 bridgehead atoms. The van der Waals surface area contributed by atoms with Gasteiger partial charge in [-0.1, -0.05) is 13.8 Å². The van der Waals surface area contributed by atoms with E-state index in [0.717, 1.165) is 25.3 Å². The first-order valence-corrected chi connectivity index (χ1v) is 7.47. The van der Waals surface area contributed by atoms with Crippen LogP contribution >= 0.6 is 11.8 Å². The number of carbonyl (C=O) groups excluding carboxylic acids is 1. The van der Waals surface area contributed by atoms with Crippen molar-refractivity contribution in [1.29, 1.82) is 0 Å². The Labute approximate surface area is 103 Å². The minimum absolute atomic E-state index is 0.146. The Balaban J connectivity index is 2.45. The number of likely N-dealkylation sites (tertiary alicyclic amines) is 1. The highest BCUT2D eigenvalue weighted by molar-refractivity contribution is 7.98. The van der Waals surface area contributed by atoms with Crippen molar-refractivity contribution in [1.82, 2.24) is 4.90 Å². The largest absolute Gasteiger partial charge is 0.341 e. The van der Waals surface area contributed by atoms with Crippen molar-refractivity contribution < 1.29 is 4.79 Å². The third-order valence-corrected chi connectivity index (χ3v) is 3.77. The highest BCUT2D eigenvalue weighted by Crippen LogP contribution is 2.21. The lowest BCUT2D eigenvalue weighted by Gasteiger charge is -2.36. The highest BCUT2D eigenvalue weighted by atomic mass is 32.2. The van der Waals surface area contributed by atoms with Gasteiger partial charge in [0.05, 0.1) is 6.04 Å². The molecule has 1 aliphatic rings. The number of nitrogens with two attached hydrogens (primary N) is 1. The molecule has 3 atom stereocenters. The Bertz CT molecular complexity index is 225. The van der Waals surface area contributed by atoms with Crippen LogP contribution in [0.5, 0.6) is 0 Å². The quantitative estimate of drug-likeness (QED) is 0.816. The topological polar surface area (TPSA) is 46.3 Å². The van der Waals surface area contributed by atoms with Crippen LogP contribution in [-0.4, -0.2) is 41.9 Å². The summed E-state index contributed by atoms with van der Waals surface area (Å²) in [6.45, 7) is 6.19. The predicted molar refractivity (Wildman–Crippen MR) is 70.5 cm³/mol. The molecule has 1 aliphatic heterocycles. The first-order valence-electron chi connectivity index (χ1n) is 6.08. The molecule has 1 amide bonds. The van der Waals surface area contributed by atoms with Crippen LogP contribution in [0.2, 0.25) is 0 Å². The summed E-state index contributed by atoms with van der Waals surface area (Å²) in [7, 11) is 0. The van der Waals surface area contributed by atoms with E-state index >= 15 is 0 Å². The van der Waals surface area contributed by atoms with E-state index in [4.69, 9.17) is 5.73 Å². The number of piperidine rings is 1. The summed E-state index contributed by atoms with van der Waals surface area (Å²) in [5.41, 5.74) is 5.92. The number of hydrogen-bond acceptors (Lipinski definition) is 3. The number of nitrogens with zero attached hydrogens (tertiary/aromatic N) is 1. The van der Waals surface area contributed by atoms with Gasteiger partial charge in [0.25, 0.3) is 0 Å². The van der Waals surface area contributed by atoms with Gasteiger partial charge in [-0.2, -0.15) is 11.8 Å². The maximum absolute atomic E-state index is 12.1. The zero-order chi connectivity index (χ0) is 12.1. The zero-order valence-corrected chi connectivity index (χ0v) is 11.4. The summed E-state index contributed by atoms with van der Waals surface area (Å²) in [6, 6.07) is -0.301. The molecule has 94 valence electrons. The monoisotopic (exact) mass is 244 g/mol. The molecule has 0 radical (unpaired) electrons. The van der Waals surface area contributed by atoms with Crippen molar-refractivity contribution >= 4 is 17.7 Å². The fraction of sp³-hybridized carbons (Fsp3) is 0.917. The molecule has 1 heterocycles. The second-order valence-electron chi connectivity index (χ2n) is 5.08. The van der Waals surface area contributed by atoms with E-state index in [0.29, 0.717) is 11.8 Å². The Morgan fingerprint density at radius 3 is 2.50 bits per heavy atom. The summed E-state index contributed by atoms with van der Waals surface area (Å²) in [5.74, 6) is 2.33. The lowest BCUT2D eigenvalue weighted by atomic mass is 9.91. The highest BCUT2D eigenvalue weighted by Gasteiger charge is 2.28. The van der Waals surface area contributed by atoms with E-state index in [9.17, 15) is 4.79 Å². The van der Waals surface area contributed by atoms with Gasteiger partial charge in [0.1, 0.15) is 0 Å². The van der Waals surface area contributed by atoms with E-state index in [2.05, 4.69) is 13.8 Å². The van der Waals surface area contributed by atoms with E-state index in [1.807, 2.05) is 11.2 Å². The van der Waals surface area contributed by atoms with Crippen molar-refractivity contribution in [2.45, 2.75) is 32.7 Å². The van der Waals surface area contributed by atoms with Crippen LogP contribution in [0, 0.1) is 11.8 Å². The lowest BCUT2D eigenvalue weighted by Crippen LogP contribution is -2.49. The van der Waals surface area contributed by atoms with Gasteiger partial charge < -0.3 is 10.6 Å². The van der Waals surface area contributed by atoms with Gasteiger partial charge in [-0.3, -0.25) is 4.79 Å². The second-order valence-corrected chi connectivity index (χ2v) is 6.06. The van der Waals surface area contributed by atoms with Crippen molar-refractivity contribution in [3.63, 3.8) is 0 Å². The van der Waals surface area contributed by atoms with Crippen LogP contribution in [0.15, 0.2) is 0 Å². The molecule has 1 fully saturated rings. The maximum Gasteiger partial charge on any atom is 0.239 e. The average molecular weight is 244 g/mol. The van der Waals surface area contributed by atoms with Gasteiger partial charge in [0.15, 0.2) is 0 Å². The van der Waals surface area contributed by atoms with E-state index in [1.165, 1.54) is 6.42 Å². The van der Waals surface area contributed by atoms with Gasteiger partial charge in [-0.25, -0.2) is 0 Å². The smallest absolute Gasteiger partial charge is 0.239 e. The number of amides is 1. The van der Waals surface area contributed by atoms with E-state index in [1.54, 1.807) is 11.8 Å². The molecule has 2 N–H and O–H groups in total. The first-order chi connectivity index (χ1) is 7.54. The van der Waals surface area contributed by atoms with Crippen LogP contribution in [0.4, 0.5) is 0 Å². The molecule has 2 unspecified atom stereocenters. The van der Waals surface area contributed by atoms with Crippen molar-refractivity contribution in [2.75, 3.05) is 25.1 Å². The summed E-state index contributed by atoms with van der Waals surface area (Å²) >= 11 is 1.74. The minimum Gasteiger partial charge on any atom is -0.341 e. The van der Waals surface area contributed by atoms with Gasteiger partial charge in [0.2, 0.25) is 5.91 Å². The van der Waals surface area contributed by atoms with Crippen LogP contribution in [0.25, 0.3) is 0 Å². The zero-order valence-electron chi connectivity index (χ0n) is 10.6. The van der Waals surface area contributed by atoms with Crippen LogP contribution in [-0.2, 0) is 4.79 Å². The Kier molecular flexibility index (Phi) is 5.62. The maximum atomic E-state index is 12.1. The standard InChI is InChI=1S/C12H24N2OS/c1-9-6-10(2)8-14(7-9)12(15)11(13)4-5-16-3/h9-11H,4-8,13H2,1-3H3/t9?,10?,11-/m0/s1. The SMILES string of the molecule is CSCC[C@H](N)C(=O)N1CC(C)CC(C)C1. The molecule has 0 aromatic rings. The molecule has 1 saturated heterocycles. The normalized spacial score (nSPS) is 27.9. The lowest BCUT2D eigenvalue weighted by molar-refractivity contribution is -0.135. The summed E-state index contributed by atoms with van der Waals surface area (Å²) < 4.78 is 0. The Morgan fingerprint density at radius 1 is 1.44 bits per heavy atom. The van der Waals surface area contributed by atoms with Crippen molar-refractivity contribution in [3.05, 3.63) is 0 Å². The molecule has 0 saturated carbocycles. The van der Waals surface area contributed by atoms with Crippen molar-refractivity contribution in [2.24, 2.45) is 17.6 Å². The van der Waals surface area contributed by atoms with Crippen LogP contribution < -0.4 is 5.73 Å². The van der Waals surface area contributed by atoms with Gasteiger partial charge in [-0.05, 0) is 36.7 Å². The number of hydrogen-bond donors (Lipinski definition) is 1. The average Bonchev–Trinajstić information content (AvgIpc) is 2.23. The molecule has 3 nitrogen and oxygen atoms in total. The third kappa shape index (κ3) is 3.98. The molecule has 16 heavy (non-hydrogen) atoms. The van der Waals surface area contributed by atoms with Gasteiger partial charge in [-0.15, -0.1) is 0 Å². The fourth-order valence-corrected chi connectivity index (χ4v) is 2.94. The van der Waals surface area contributed by atoms with E-state index in [-0.39, 0.29) is 11.9 Å². The molecule has 1 rings (SSSR count). The first kappa shape index (κ1) is 13.8. The van der Waals surface area contributed by atoms with Crippen LogP contribution in [0.1, 0.15) is 26.7 Å². The molecule has 0 spiro atoms. The molecule has 4 heteroatoms. The summed E-state index contributed by atoms with van der Waals surface area (Å²) in [6.07, 6.45) is 4.06. The predicted octanol–water partition coefficient (Wildman–Crippen LogP) is 1.57. The van der Waals surface area contributed by atoms with Gasteiger partial charge in [0, 0.05) is 13.1 Å². The molecule has 0 aliphatic carbocycles. The fourth-order valence-electron chi connectivity index (χ4n) is 2.45. The summed E-state index contributed by atoms with van der Waals surface area (Å²) in [4.78, 5) is 14.0. The molecular formula is C12H24N2OS. The second kappa shape index (κ2) is 6.50. The molecular weight excluding hydrogens is 220 g/mol. The number of carbonyl (C=O) groups is 1. The third-order valence-electron chi connectivity index (χ3n) is 3.13.